The molecule has 1 aliphatic rings. The van der Waals surface area contributed by atoms with Crippen LogP contribution in [0.1, 0.15) is 28.8 Å². The van der Waals surface area contributed by atoms with E-state index in [1.807, 2.05) is 41.3 Å². The Kier molecular flexibility index (Phi) is 5.30. The zero-order chi connectivity index (χ0) is 16.9. The van der Waals surface area contributed by atoms with Gasteiger partial charge in [-0.05, 0) is 48.7 Å². The SMILES string of the molecule is O=C(Nc1ccc(CC(=O)N2CCCC2)cc1)c1cccc(Br)c1. The van der Waals surface area contributed by atoms with Crippen molar-refractivity contribution < 1.29 is 9.59 Å². The lowest BCUT2D eigenvalue weighted by Gasteiger charge is -2.15. The van der Waals surface area contributed by atoms with Crippen molar-refractivity contribution in [2.24, 2.45) is 0 Å². The summed E-state index contributed by atoms with van der Waals surface area (Å²) in [6.45, 7) is 1.75. The number of amides is 2. The number of nitrogens with zero attached hydrogens (tertiary/aromatic N) is 1. The number of benzene rings is 2. The molecule has 0 aromatic heterocycles. The average molecular weight is 387 g/mol. The van der Waals surface area contributed by atoms with Crippen molar-refractivity contribution in [3.63, 3.8) is 0 Å². The van der Waals surface area contributed by atoms with E-state index in [0.717, 1.165) is 41.7 Å². The van der Waals surface area contributed by atoms with Crippen LogP contribution in [0.5, 0.6) is 0 Å². The lowest BCUT2D eigenvalue weighted by Crippen LogP contribution is -2.29. The molecule has 0 radical (unpaired) electrons. The monoisotopic (exact) mass is 386 g/mol. The maximum Gasteiger partial charge on any atom is 0.255 e. The highest BCUT2D eigenvalue weighted by atomic mass is 79.9. The molecular weight excluding hydrogens is 368 g/mol. The van der Waals surface area contributed by atoms with Crippen molar-refractivity contribution in [3.8, 4) is 0 Å². The van der Waals surface area contributed by atoms with Crippen LogP contribution >= 0.6 is 15.9 Å². The van der Waals surface area contributed by atoms with E-state index in [4.69, 9.17) is 0 Å². The molecule has 0 aliphatic carbocycles. The Hall–Kier alpha value is -2.14. The maximum atomic E-state index is 12.2. The molecule has 0 bridgehead atoms. The molecule has 2 aromatic carbocycles. The Morgan fingerprint density at radius 2 is 1.75 bits per heavy atom. The first-order chi connectivity index (χ1) is 11.6. The smallest absolute Gasteiger partial charge is 0.255 e. The third-order valence-corrected chi connectivity index (χ3v) is 4.61. The van der Waals surface area contributed by atoms with Gasteiger partial charge in [-0.3, -0.25) is 9.59 Å². The number of halogens is 1. The third-order valence-electron chi connectivity index (χ3n) is 4.11. The summed E-state index contributed by atoms with van der Waals surface area (Å²) in [5.41, 5.74) is 2.28. The van der Waals surface area contributed by atoms with E-state index in [2.05, 4.69) is 21.2 Å². The number of hydrogen-bond acceptors (Lipinski definition) is 2. The minimum Gasteiger partial charge on any atom is -0.342 e. The molecule has 124 valence electrons. The summed E-state index contributed by atoms with van der Waals surface area (Å²) < 4.78 is 0.867. The van der Waals surface area contributed by atoms with Crippen molar-refractivity contribution in [2.45, 2.75) is 19.3 Å². The first-order valence-corrected chi connectivity index (χ1v) is 8.85. The molecule has 1 fully saturated rings. The van der Waals surface area contributed by atoms with E-state index in [-0.39, 0.29) is 11.8 Å². The molecule has 1 heterocycles. The van der Waals surface area contributed by atoms with Gasteiger partial charge >= 0.3 is 0 Å². The second-order valence-corrected chi connectivity index (χ2v) is 6.84. The van der Waals surface area contributed by atoms with E-state index in [0.29, 0.717) is 12.0 Å². The van der Waals surface area contributed by atoms with Gasteiger partial charge in [0.05, 0.1) is 6.42 Å². The van der Waals surface area contributed by atoms with Crippen molar-refractivity contribution in [2.75, 3.05) is 18.4 Å². The van der Waals surface area contributed by atoms with E-state index < -0.39 is 0 Å². The Morgan fingerprint density at radius 3 is 2.42 bits per heavy atom. The van der Waals surface area contributed by atoms with Gasteiger partial charge in [0, 0.05) is 28.8 Å². The van der Waals surface area contributed by atoms with Crippen LogP contribution in [0.25, 0.3) is 0 Å². The Bertz CT molecular complexity index is 737. The van der Waals surface area contributed by atoms with Crippen molar-refractivity contribution in [3.05, 3.63) is 64.1 Å². The highest BCUT2D eigenvalue weighted by Crippen LogP contribution is 2.16. The maximum absolute atomic E-state index is 12.2. The summed E-state index contributed by atoms with van der Waals surface area (Å²) in [4.78, 5) is 26.3. The number of rotatable bonds is 4. The third kappa shape index (κ3) is 4.23. The largest absolute Gasteiger partial charge is 0.342 e. The predicted octanol–water partition coefficient (Wildman–Crippen LogP) is 3.87. The number of likely N-dealkylation sites (tertiary alicyclic amines) is 1. The molecule has 5 heteroatoms. The normalized spacial score (nSPS) is 13.8. The molecule has 1 N–H and O–H groups in total. The van der Waals surface area contributed by atoms with E-state index in [1.165, 1.54) is 0 Å². The van der Waals surface area contributed by atoms with Crippen LogP contribution in [0.2, 0.25) is 0 Å². The van der Waals surface area contributed by atoms with Gasteiger partial charge in [0.1, 0.15) is 0 Å². The van der Waals surface area contributed by atoms with Crippen molar-refractivity contribution >= 4 is 33.4 Å². The topological polar surface area (TPSA) is 49.4 Å². The molecule has 0 saturated carbocycles. The number of nitrogens with one attached hydrogen (secondary N) is 1. The van der Waals surface area contributed by atoms with E-state index in [1.54, 1.807) is 12.1 Å². The fourth-order valence-electron chi connectivity index (χ4n) is 2.79. The minimum atomic E-state index is -0.155. The number of hydrogen-bond donors (Lipinski definition) is 1. The zero-order valence-electron chi connectivity index (χ0n) is 13.3. The van der Waals surface area contributed by atoms with Crippen LogP contribution in [0.4, 0.5) is 5.69 Å². The van der Waals surface area contributed by atoms with Crippen LogP contribution in [-0.2, 0) is 11.2 Å². The van der Waals surface area contributed by atoms with Crippen molar-refractivity contribution in [1.82, 2.24) is 4.90 Å². The quantitative estimate of drug-likeness (QED) is 0.866. The summed E-state index contributed by atoms with van der Waals surface area (Å²) in [6.07, 6.45) is 2.62. The van der Waals surface area contributed by atoms with Gasteiger partial charge in [0.15, 0.2) is 0 Å². The van der Waals surface area contributed by atoms with Gasteiger partial charge in [-0.15, -0.1) is 0 Å². The molecular formula is C19H19BrN2O2. The summed E-state index contributed by atoms with van der Waals surface area (Å²) in [7, 11) is 0. The van der Waals surface area contributed by atoms with Crippen LogP contribution in [0.15, 0.2) is 53.0 Å². The van der Waals surface area contributed by atoms with E-state index in [9.17, 15) is 9.59 Å². The lowest BCUT2D eigenvalue weighted by molar-refractivity contribution is -0.129. The second-order valence-electron chi connectivity index (χ2n) is 5.93. The molecule has 1 saturated heterocycles. The van der Waals surface area contributed by atoms with Crippen molar-refractivity contribution in [1.29, 1.82) is 0 Å². The summed E-state index contributed by atoms with van der Waals surface area (Å²) in [5.74, 6) is 0.0237. The van der Waals surface area contributed by atoms with E-state index >= 15 is 0 Å². The lowest BCUT2D eigenvalue weighted by atomic mass is 10.1. The highest BCUT2D eigenvalue weighted by molar-refractivity contribution is 9.10. The molecule has 0 spiro atoms. The average Bonchev–Trinajstić information content (AvgIpc) is 3.11. The number of anilines is 1. The van der Waals surface area contributed by atoms with Crippen LogP contribution in [-0.4, -0.2) is 29.8 Å². The number of carbonyl (C=O) groups excluding carboxylic acids is 2. The van der Waals surface area contributed by atoms with Gasteiger partial charge in [0.2, 0.25) is 5.91 Å². The second kappa shape index (κ2) is 7.62. The first kappa shape index (κ1) is 16.7. The summed E-state index contributed by atoms with van der Waals surface area (Å²) in [6, 6.07) is 14.7. The van der Waals surface area contributed by atoms with Gasteiger partial charge in [0.25, 0.3) is 5.91 Å². The zero-order valence-corrected chi connectivity index (χ0v) is 14.9. The van der Waals surface area contributed by atoms with Gasteiger partial charge in [-0.25, -0.2) is 0 Å². The Balaban J connectivity index is 1.60. The van der Waals surface area contributed by atoms with Crippen LogP contribution in [0.3, 0.4) is 0 Å². The fraction of sp³-hybridized carbons (Fsp3) is 0.263. The van der Waals surface area contributed by atoms with Gasteiger partial charge in [-0.2, -0.15) is 0 Å². The van der Waals surface area contributed by atoms with Gasteiger partial charge < -0.3 is 10.2 Å². The molecule has 1 aliphatic heterocycles. The van der Waals surface area contributed by atoms with Crippen LogP contribution in [0, 0.1) is 0 Å². The molecule has 24 heavy (non-hydrogen) atoms. The standard InChI is InChI=1S/C19H19BrN2O2/c20-16-5-3-4-15(13-16)19(24)21-17-8-6-14(7-9-17)12-18(23)22-10-1-2-11-22/h3-9,13H,1-2,10-12H2,(H,21,24). The first-order valence-electron chi connectivity index (χ1n) is 8.05. The molecule has 3 rings (SSSR count). The van der Waals surface area contributed by atoms with Crippen LogP contribution < -0.4 is 5.32 Å². The Labute approximate surface area is 150 Å². The number of carbonyl (C=O) groups is 2. The molecule has 2 amide bonds. The highest BCUT2D eigenvalue weighted by Gasteiger charge is 2.17. The van der Waals surface area contributed by atoms with Gasteiger partial charge in [-0.1, -0.05) is 34.1 Å². The fourth-order valence-corrected chi connectivity index (χ4v) is 3.19. The molecule has 0 atom stereocenters. The minimum absolute atomic E-state index is 0.155. The molecule has 2 aromatic rings. The Morgan fingerprint density at radius 1 is 1.04 bits per heavy atom. The summed E-state index contributed by atoms with van der Waals surface area (Å²) in [5, 5.41) is 2.87. The molecule has 0 unspecified atom stereocenters. The molecule has 4 nitrogen and oxygen atoms in total. The predicted molar refractivity (Wildman–Crippen MR) is 98.1 cm³/mol. The summed E-state index contributed by atoms with van der Waals surface area (Å²) >= 11 is 3.36.